The van der Waals surface area contributed by atoms with E-state index in [1.165, 1.54) is 25.1 Å². The van der Waals surface area contributed by atoms with Crippen molar-refractivity contribution in [2.24, 2.45) is 0 Å². The van der Waals surface area contributed by atoms with E-state index in [0.717, 1.165) is 0 Å². The van der Waals surface area contributed by atoms with Gasteiger partial charge in [0, 0.05) is 11.4 Å². The molecule has 0 aliphatic carbocycles. The van der Waals surface area contributed by atoms with Crippen molar-refractivity contribution in [2.75, 3.05) is 0 Å². The van der Waals surface area contributed by atoms with E-state index in [4.69, 9.17) is 0 Å². The fourth-order valence-electron chi connectivity index (χ4n) is 2.69. The number of halogens is 6. The van der Waals surface area contributed by atoms with Gasteiger partial charge in [0.25, 0.3) is 0 Å². The molecule has 0 N–H and O–H groups in total. The van der Waals surface area contributed by atoms with Crippen molar-refractivity contribution < 1.29 is 16.9 Å². The van der Waals surface area contributed by atoms with Crippen molar-refractivity contribution in [3.8, 4) is 11.1 Å². The molecule has 0 unspecified atom stereocenters. The Hall–Kier alpha value is -1.89. The molecule has 3 aromatic carbocycles. The van der Waals surface area contributed by atoms with Crippen LogP contribution in [0.1, 0.15) is 0 Å². The first-order chi connectivity index (χ1) is 14.4. The molecular weight excluding hydrogens is 564 g/mol. The van der Waals surface area contributed by atoms with Crippen LogP contribution in [-0.4, -0.2) is 19.5 Å². The van der Waals surface area contributed by atoms with Gasteiger partial charge in [-0.05, 0) is 35.4 Å². The quantitative estimate of drug-likeness (QED) is 0.129. The largest absolute Gasteiger partial charge is 0.220 e. The molecule has 9 heteroatoms. The smallest absolute Gasteiger partial charge is 0.0929 e. The van der Waals surface area contributed by atoms with Crippen molar-refractivity contribution in [3.63, 3.8) is 0 Å². The minimum Gasteiger partial charge on any atom is -0.0929 e. The van der Waals surface area contributed by atoms with Crippen LogP contribution < -0.4 is 0 Å². The van der Waals surface area contributed by atoms with Gasteiger partial charge in [0.15, 0.2) is 9.79 Å². The van der Waals surface area contributed by atoms with Crippen LogP contribution in [0.25, 0.3) is 11.1 Å². The molecule has 0 spiro atoms. The van der Waals surface area contributed by atoms with Crippen LogP contribution in [0.2, 0.25) is 0 Å². The molecule has 0 radical (unpaired) electrons. The summed E-state index contributed by atoms with van der Waals surface area (Å²) in [5.74, 6) is 0. The topological polar surface area (TPSA) is 0 Å². The van der Waals surface area contributed by atoms with Gasteiger partial charge in [-0.25, -0.2) is 0 Å². The molecule has 0 amide bonds. The predicted molar refractivity (Wildman–Crippen MR) is 117 cm³/mol. The summed E-state index contributed by atoms with van der Waals surface area (Å²) in [7, 11) is -0.0491. The number of hydrogen-bond acceptors (Lipinski definition) is 1. The van der Waals surface area contributed by atoms with Gasteiger partial charge in [0.05, 0.1) is 0 Å². The van der Waals surface area contributed by atoms with E-state index in [0.29, 0.717) is 0 Å². The molecule has 0 nitrogen and oxygen atoms in total. The van der Waals surface area contributed by atoms with E-state index in [2.05, 4.69) is 102 Å². The zero-order chi connectivity index (χ0) is 22.6. The molecule has 0 saturated heterocycles. The first-order valence-electron chi connectivity index (χ1n) is 8.91. The molecule has 4 aromatic rings. The van der Waals surface area contributed by atoms with Gasteiger partial charge in [-0.2, -0.15) is 0 Å². The fourth-order valence-corrected chi connectivity index (χ4v) is 6.28. The Balaban J connectivity index is 0.000000339. The molecule has 4 rings (SSSR count). The summed E-state index contributed by atoms with van der Waals surface area (Å²) >= 11 is -9.40. The Kier molecular flexibility index (Phi) is 6.57. The maximum absolute atomic E-state index is 11.2. The molecule has 0 aliphatic heterocycles. The fraction of sp³-hybridized carbons (Fsp3) is 0. The first kappa shape index (κ1) is 23.8. The molecular formula is C22H17F6S2Sb. The van der Waals surface area contributed by atoms with Crippen molar-refractivity contribution >= 4 is 41.7 Å². The molecule has 31 heavy (non-hydrogen) atoms. The van der Waals surface area contributed by atoms with E-state index >= 15 is 0 Å². The van der Waals surface area contributed by atoms with Crippen molar-refractivity contribution in [1.29, 1.82) is 0 Å². The van der Waals surface area contributed by atoms with E-state index in [1.807, 2.05) is 11.3 Å². The van der Waals surface area contributed by atoms with Gasteiger partial charge >= 0.3 is 36.4 Å². The number of rotatable bonds is 4. The van der Waals surface area contributed by atoms with Crippen LogP contribution in [0.3, 0.4) is 0 Å². The average molecular weight is 581 g/mol. The zero-order valence-electron chi connectivity index (χ0n) is 15.8. The van der Waals surface area contributed by atoms with Crippen LogP contribution in [0.5, 0.6) is 0 Å². The molecule has 0 aliphatic rings. The van der Waals surface area contributed by atoms with Crippen LogP contribution in [0.15, 0.2) is 116 Å². The number of benzene rings is 3. The molecule has 0 saturated carbocycles. The normalized spacial score (nSPS) is 13.6. The standard InChI is InChI=1S/C22H17S2.6FH.Sb/c1-4-10-18(11-5-1)19-16-22(23-17-19)24(20-12-6-2-7-13-20)21-14-8-3-9-15-21;;;;;;;/h1-17H;6*1H;/q+1;;;;;;;+5/p-6. The van der Waals surface area contributed by atoms with Gasteiger partial charge in [0.2, 0.25) is 4.21 Å². The maximum Gasteiger partial charge on any atom is 0.220 e. The van der Waals surface area contributed by atoms with Crippen molar-refractivity contribution in [3.05, 3.63) is 102 Å². The minimum atomic E-state index is -11.2. The third-order valence-corrected chi connectivity index (χ3v) is 7.36. The molecule has 164 valence electrons. The van der Waals surface area contributed by atoms with E-state index < -0.39 is 19.5 Å². The minimum absolute atomic E-state index is 0.0491. The van der Waals surface area contributed by atoms with Crippen LogP contribution in [0, 0.1) is 0 Å². The summed E-state index contributed by atoms with van der Waals surface area (Å²) in [5.41, 5.74) is 2.59. The first-order valence-corrected chi connectivity index (χ1v) is 16.8. The number of thiophene rings is 1. The third-order valence-electron chi connectivity index (χ3n) is 3.84. The van der Waals surface area contributed by atoms with E-state index in [1.54, 1.807) is 0 Å². The van der Waals surface area contributed by atoms with Crippen LogP contribution in [0.4, 0.5) is 16.9 Å². The second-order valence-electron chi connectivity index (χ2n) is 6.41. The second-order valence-corrected chi connectivity index (χ2v) is 15.0. The summed E-state index contributed by atoms with van der Waals surface area (Å²) in [6.07, 6.45) is 0. The Morgan fingerprint density at radius 3 is 1.35 bits per heavy atom. The van der Waals surface area contributed by atoms with Gasteiger partial charge in [-0.1, -0.05) is 78.1 Å². The molecule has 0 fully saturated rings. The van der Waals surface area contributed by atoms with Gasteiger partial charge in [-0.3, -0.25) is 0 Å². The average Bonchev–Trinajstić information content (AvgIpc) is 3.18. The van der Waals surface area contributed by atoms with Crippen molar-refractivity contribution in [2.45, 2.75) is 14.0 Å². The van der Waals surface area contributed by atoms with Crippen molar-refractivity contribution in [1.82, 2.24) is 0 Å². The second kappa shape index (κ2) is 8.56. The number of hydrogen-bond donors (Lipinski definition) is 0. The molecule has 1 heterocycles. The third kappa shape index (κ3) is 8.63. The molecule has 0 bridgehead atoms. The summed E-state index contributed by atoms with van der Waals surface area (Å²) in [6, 6.07) is 34.6. The Morgan fingerprint density at radius 2 is 0.935 bits per heavy atom. The SMILES string of the molecule is [F][Sb-]([F])([F])([F])([F])[F].c1ccc(-c2csc([S+](c3ccccc3)c3ccccc3)c2)cc1. The van der Waals surface area contributed by atoms with E-state index in [-0.39, 0.29) is 10.9 Å². The van der Waals surface area contributed by atoms with Gasteiger partial charge in [0.1, 0.15) is 10.9 Å². The van der Waals surface area contributed by atoms with Gasteiger partial charge in [-0.15, -0.1) is 0 Å². The molecule has 1 aromatic heterocycles. The monoisotopic (exact) mass is 580 g/mol. The van der Waals surface area contributed by atoms with Crippen LogP contribution in [-0.2, 0) is 10.9 Å². The van der Waals surface area contributed by atoms with Crippen LogP contribution >= 0.6 is 11.3 Å². The Bertz CT molecular complexity index is 1060. The zero-order valence-corrected chi connectivity index (χ0v) is 20.0. The summed E-state index contributed by atoms with van der Waals surface area (Å²) in [6.45, 7) is 0. The summed E-state index contributed by atoms with van der Waals surface area (Å²) in [4.78, 5) is 2.73. The van der Waals surface area contributed by atoms with Gasteiger partial charge < -0.3 is 0 Å². The molecule has 0 atom stereocenters. The van der Waals surface area contributed by atoms with E-state index in [9.17, 15) is 16.9 Å². The summed E-state index contributed by atoms with van der Waals surface area (Å²) < 4.78 is 61.0. The maximum atomic E-state index is 9.93. The Labute approximate surface area is 185 Å². The summed E-state index contributed by atoms with van der Waals surface area (Å²) in [5, 5.41) is 2.27. The predicted octanol–water partition coefficient (Wildman–Crippen LogP) is 8.65. The Morgan fingerprint density at radius 1 is 0.548 bits per heavy atom.